The molecule has 0 aliphatic heterocycles. The van der Waals surface area contributed by atoms with Gasteiger partial charge in [0.1, 0.15) is 0 Å². The quantitative estimate of drug-likeness (QED) is 0.647. The summed E-state index contributed by atoms with van der Waals surface area (Å²) in [5.41, 5.74) is 0. The van der Waals surface area contributed by atoms with Crippen molar-refractivity contribution in [1.82, 2.24) is 4.31 Å². The Kier molecular flexibility index (Phi) is 4.03. The van der Waals surface area contributed by atoms with E-state index in [9.17, 15) is 8.42 Å². The van der Waals surface area contributed by atoms with Gasteiger partial charge in [0.05, 0.1) is 5.25 Å². The van der Waals surface area contributed by atoms with Crippen LogP contribution >= 0.6 is 0 Å². The molecule has 0 N–H and O–H groups in total. The summed E-state index contributed by atoms with van der Waals surface area (Å²) in [7, 11) is 0.148. The van der Waals surface area contributed by atoms with Gasteiger partial charge < -0.3 is 0 Å². The summed E-state index contributed by atoms with van der Waals surface area (Å²) >= 11 is 0. The second kappa shape index (κ2) is 4.07. The lowest BCUT2D eigenvalue weighted by molar-refractivity contribution is 0.498. The standard InChI is InChI=1S/C7H17NO2S/c1-5-7(6-2)11(9,10)8(3)4/h7H,5-6H2,1-4H3. The Morgan fingerprint density at radius 2 is 1.55 bits per heavy atom. The summed E-state index contributed by atoms with van der Waals surface area (Å²) in [5, 5.41) is -0.211. The van der Waals surface area contributed by atoms with Gasteiger partial charge in [-0.15, -0.1) is 0 Å². The van der Waals surface area contributed by atoms with E-state index in [4.69, 9.17) is 0 Å². The van der Waals surface area contributed by atoms with Crippen LogP contribution in [-0.2, 0) is 10.0 Å². The predicted octanol–water partition coefficient (Wildman–Crippen LogP) is 1.07. The Morgan fingerprint density at radius 1 is 1.18 bits per heavy atom. The molecule has 68 valence electrons. The Hall–Kier alpha value is -0.0900. The van der Waals surface area contributed by atoms with Gasteiger partial charge in [-0.1, -0.05) is 13.8 Å². The van der Waals surface area contributed by atoms with Crippen molar-refractivity contribution in [2.24, 2.45) is 0 Å². The van der Waals surface area contributed by atoms with Gasteiger partial charge in [0, 0.05) is 14.1 Å². The van der Waals surface area contributed by atoms with E-state index in [0.717, 1.165) is 0 Å². The lowest BCUT2D eigenvalue weighted by atomic mass is 10.3. The lowest BCUT2D eigenvalue weighted by Crippen LogP contribution is -2.32. The molecule has 0 aliphatic rings. The average molecular weight is 179 g/mol. The molecule has 4 heteroatoms. The highest BCUT2D eigenvalue weighted by molar-refractivity contribution is 7.89. The molecule has 0 saturated heterocycles. The molecule has 0 saturated carbocycles. The van der Waals surface area contributed by atoms with E-state index in [1.54, 1.807) is 14.1 Å². The fourth-order valence-corrected chi connectivity index (χ4v) is 2.45. The van der Waals surface area contributed by atoms with Gasteiger partial charge in [-0.3, -0.25) is 0 Å². The second-order valence-electron chi connectivity index (χ2n) is 2.77. The minimum Gasteiger partial charge on any atom is -0.212 e. The summed E-state index contributed by atoms with van der Waals surface area (Å²) in [6.45, 7) is 3.80. The van der Waals surface area contributed by atoms with Crippen LogP contribution in [0.5, 0.6) is 0 Å². The topological polar surface area (TPSA) is 37.4 Å². The zero-order chi connectivity index (χ0) is 9.07. The monoisotopic (exact) mass is 179 g/mol. The first-order valence-electron chi connectivity index (χ1n) is 3.88. The molecular weight excluding hydrogens is 162 g/mol. The first-order valence-corrected chi connectivity index (χ1v) is 5.38. The van der Waals surface area contributed by atoms with Crippen LogP contribution in [0.25, 0.3) is 0 Å². The van der Waals surface area contributed by atoms with E-state index in [1.165, 1.54) is 4.31 Å². The minimum atomic E-state index is -3.01. The first-order chi connectivity index (χ1) is 4.96. The first kappa shape index (κ1) is 10.9. The zero-order valence-corrected chi connectivity index (χ0v) is 8.48. The van der Waals surface area contributed by atoms with E-state index in [2.05, 4.69) is 0 Å². The fraction of sp³-hybridized carbons (Fsp3) is 1.00. The molecule has 0 aromatic rings. The Balaban J connectivity index is 4.53. The molecule has 0 aromatic heterocycles. The van der Waals surface area contributed by atoms with Gasteiger partial charge in [-0.05, 0) is 12.8 Å². The normalized spacial score (nSPS) is 12.9. The van der Waals surface area contributed by atoms with Crippen molar-refractivity contribution < 1.29 is 8.42 Å². The van der Waals surface area contributed by atoms with Crippen molar-refractivity contribution in [2.45, 2.75) is 31.9 Å². The molecule has 0 aliphatic carbocycles. The molecule has 0 rings (SSSR count). The number of hydrogen-bond donors (Lipinski definition) is 0. The van der Waals surface area contributed by atoms with E-state index in [0.29, 0.717) is 12.8 Å². The predicted molar refractivity (Wildman–Crippen MR) is 47.0 cm³/mol. The molecular formula is C7H17NO2S. The third kappa shape index (κ3) is 2.45. The molecule has 0 amide bonds. The van der Waals surface area contributed by atoms with Crippen molar-refractivity contribution >= 4 is 10.0 Å². The van der Waals surface area contributed by atoms with Crippen molar-refractivity contribution in [1.29, 1.82) is 0 Å². The molecule has 0 unspecified atom stereocenters. The van der Waals surface area contributed by atoms with Crippen LogP contribution in [0.3, 0.4) is 0 Å². The highest BCUT2D eigenvalue weighted by atomic mass is 32.2. The largest absolute Gasteiger partial charge is 0.216 e. The second-order valence-corrected chi connectivity index (χ2v) is 5.19. The Bertz CT molecular complexity index is 192. The summed E-state index contributed by atoms with van der Waals surface area (Å²) in [5.74, 6) is 0. The molecule has 11 heavy (non-hydrogen) atoms. The number of hydrogen-bond acceptors (Lipinski definition) is 2. The van der Waals surface area contributed by atoms with Crippen LogP contribution in [0.2, 0.25) is 0 Å². The molecule has 0 fully saturated rings. The zero-order valence-electron chi connectivity index (χ0n) is 7.66. The van der Waals surface area contributed by atoms with Crippen LogP contribution in [0.4, 0.5) is 0 Å². The van der Waals surface area contributed by atoms with E-state index in [-0.39, 0.29) is 5.25 Å². The van der Waals surface area contributed by atoms with E-state index < -0.39 is 10.0 Å². The molecule has 0 atom stereocenters. The summed E-state index contributed by atoms with van der Waals surface area (Å²) < 4.78 is 24.1. The molecule has 0 bridgehead atoms. The number of rotatable bonds is 4. The number of nitrogens with zero attached hydrogens (tertiary/aromatic N) is 1. The maximum atomic E-state index is 11.4. The SMILES string of the molecule is CCC(CC)S(=O)(=O)N(C)C. The van der Waals surface area contributed by atoms with Gasteiger partial charge in [0.15, 0.2) is 0 Å². The van der Waals surface area contributed by atoms with Gasteiger partial charge in [0.25, 0.3) is 0 Å². The van der Waals surface area contributed by atoms with E-state index in [1.807, 2.05) is 13.8 Å². The maximum Gasteiger partial charge on any atom is 0.216 e. The van der Waals surface area contributed by atoms with Crippen molar-refractivity contribution in [3.05, 3.63) is 0 Å². The molecule has 0 heterocycles. The van der Waals surface area contributed by atoms with Crippen LogP contribution in [0, 0.1) is 0 Å². The van der Waals surface area contributed by atoms with Gasteiger partial charge in [-0.25, -0.2) is 12.7 Å². The fourth-order valence-electron chi connectivity index (χ4n) is 1.01. The van der Waals surface area contributed by atoms with E-state index >= 15 is 0 Å². The van der Waals surface area contributed by atoms with Crippen LogP contribution in [-0.4, -0.2) is 32.1 Å². The summed E-state index contributed by atoms with van der Waals surface area (Å²) in [6, 6.07) is 0. The van der Waals surface area contributed by atoms with Gasteiger partial charge in [-0.2, -0.15) is 0 Å². The van der Waals surface area contributed by atoms with Crippen LogP contribution in [0.1, 0.15) is 26.7 Å². The summed E-state index contributed by atoms with van der Waals surface area (Å²) in [4.78, 5) is 0. The molecule has 0 radical (unpaired) electrons. The lowest BCUT2D eigenvalue weighted by Gasteiger charge is -2.18. The minimum absolute atomic E-state index is 0.211. The highest BCUT2D eigenvalue weighted by Gasteiger charge is 2.23. The van der Waals surface area contributed by atoms with Crippen molar-refractivity contribution in [2.75, 3.05) is 14.1 Å². The molecule has 0 spiro atoms. The van der Waals surface area contributed by atoms with Crippen LogP contribution < -0.4 is 0 Å². The average Bonchev–Trinajstić information content (AvgIpc) is 1.89. The maximum absolute atomic E-state index is 11.4. The van der Waals surface area contributed by atoms with Gasteiger partial charge in [0.2, 0.25) is 10.0 Å². The third-order valence-corrected chi connectivity index (χ3v) is 4.37. The Morgan fingerprint density at radius 3 is 1.64 bits per heavy atom. The van der Waals surface area contributed by atoms with Gasteiger partial charge >= 0.3 is 0 Å². The highest BCUT2D eigenvalue weighted by Crippen LogP contribution is 2.11. The van der Waals surface area contributed by atoms with Crippen molar-refractivity contribution in [3.8, 4) is 0 Å². The molecule has 0 aromatic carbocycles. The summed E-state index contributed by atoms with van der Waals surface area (Å²) in [6.07, 6.45) is 1.38. The Labute approximate surface area is 69.4 Å². The van der Waals surface area contributed by atoms with Crippen molar-refractivity contribution in [3.63, 3.8) is 0 Å². The smallest absolute Gasteiger partial charge is 0.212 e. The van der Waals surface area contributed by atoms with Crippen LogP contribution in [0.15, 0.2) is 0 Å². The third-order valence-electron chi connectivity index (χ3n) is 1.84. The number of sulfonamides is 1. The molecule has 3 nitrogen and oxygen atoms in total.